The van der Waals surface area contributed by atoms with E-state index in [1.807, 2.05) is 19.1 Å². The number of fused-ring (bicyclic) bond motifs is 1. The third-order valence-electron chi connectivity index (χ3n) is 7.29. The van der Waals surface area contributed by atoms with Crippen molar-refractivity contribution in [2.45, 2.75) is 70.5 Å². The molecule has 1 aliphatic rings. The SMILES string of the molecule is CCCC(C)(C(=O)OCC)c1cc(NC2CCCc3ccccc32)cc(-c2ccccc2)c1C(F)(F)F. The summed E-state index contributed by atoms with van der Waals surface area (Å²) in [6, 6.07) is 19.8. The van der Waals surface area contributed by atoms with Gasteiger partial charge in [0.15, 0.2) is 0 Å². The lowest BCUT2D eigenvalue weighted by Gasteiger charge is -2.33. The molecule has 3 aromatic rings. The monoisotopic (exact) mass is 509 g/mol. The number of carbonyl (C=O) groups excluding carboxylic acids is 1. The van der Waals surface area contributed by atoms with Crippen LogP contribution < -0.4 is 5.32 Å². The van der Waals surface area contributed by atoms with E-state index in [-0.39, 0.29) is 30.2 Å². The van der Waals surface area contributed by atoms with Crippen molar-refractivity contribution in [2.24, 2.45) is 0 Å². The second-order valence-corrected chi connectivity index (χ2v) is 9.90. The van der Waals surface area contributed by atoms with E-state index >= 15 is 0 Å². The van der Waals surface area contributed by atoms with Crippen LogP contribution in [-0.4, -0.2) is 12.6 Å². The molecule has 0 heterocycles. The number of carbonyl (C=O) groups is 1. The molecular weight excluding hydrogens is 475 g/mol. The number of rotatable bonds is 8. The van der Waals surface area contributed by atoms with Crippen molar-refractivity contribution < 1.29 is 22.7 Å². The molecule has 0 saturated carbocycles. The molecule has 0 radical (unpaired) electrons. The van der Waals surface area contributed by atoms with Gasteiger partial charge in [0.25, 0.3) is 0 Å². The van der Waals surface area contributed by atoms with Crippen LogP contribution in [-0.2, 0) is 27.5 Å². The van der Waals surface area contributed by atoms with Crippen LogP contribution in [0.25, 0.3) is 11.1 Å². The summed E-state index contributed by atoms with van der Waals surface area (Å²) in [6.07, 6.45) is -1.06. The molecule has 0 aromatic heterocycles. The first-order valence-corrected chi connectivity index (χ1v) is 13.0. The Labute approximate surface area is 217 Å². The van der Waals surface area contributed by atoms with Crippen LogP contribution in [0.3, 0.4) is 0 Å². The van der Waals surface area contributed by atoms with Crippen molar-refractivity contribution in [3.63, 3.8) is 0 Å². The van der Waals surface area contributed by atoms with Gasteiger partial charge >= 0.3 is 12.1 Å². The Morgan fingerprint density at radius 2 is 1.73 bits per heavy atom. The quantitative estimate of drug-likeness (QED) is 0.310. The number of aryl methyl sites for hydroxylation is 1. The number of hydrogen-bond donors (Lipinski definition) is 1. The minimum Gasteiger partial charge on any atom is -0.465 e. The average molecular weight is 510 g/mol. The summed E-state index contributed by atoms with van der Waals surface area (Å²) in [5.41, 5.74) is 1.21. The number of ether oxygens (including phenoxy) is 1. The molecule has 0 spiro atoms. The number of hydrogen-bond acceptors (Lipinski definition) is 3. The molecule has 37 heavy (non-hydrogen) atoms. The van der Waals surface area contributed by atoms with E-state index in [1.165, 1.54) is 11.6 Å². The van der Waals surface area contributed by atoms with Crippen molar-refractivity contribution in [1.82, 2.24) is 0 Å². The lowest BCUT2D eigenvalue weighted by atomic mass is 9.74. The zero-order valence-corrected chi connectivity index (χ0v) is 21.6. The second kappa shape index (κ2) is 11.0. The standard InChI is InChI=1S/C31H34F3NO2/c1-4-18-30(3,29(36)37-5-2)26-20-23(35-27-17-11-15-21-14-9-10-16-24(21)27)19-25(28(26)31(32,33)34)22-12-7-6-8-13-22/h6-10,12-14,16,19-20,27,35H,4-5,11,15,17-18H2,1-3H3. The van der Waals surface area contributed by atoms with Crippen molar-refractivity contribution in [2.75, 3.05) is 11.9 Å². The van der Waals surface area contributed by atoms with E-state index in [4.69, 9.17) is 4.74 Å². The number of nitrogens with one attached hydrogen (secondary N) is 1. The molecule has 1 N–H and O–H groups in total. The zero-order valence-electron chi connectivity index (χ0n) is 21.6. The van der Waals surface area contributed by atoms with Gasteiger partial charge in [-0.1, -0.05) is 67.9 Å². The Bertz CT molecular complexity index is 1240. The summed E-state index contributed by atoms with van der Waals surface area (Å²) in [4.78, 5) is 13.2. The van der Waals surface area contributed by atoms with E-state index in [0.717, 1.165) is 24.8 Å². The third kappa shape index (κ3) is 5.53. The summed E-state index contributed by atoms with van der Waals surface area (Å²) < 4.78 is 49.8. The van der Waals surface area contributed by atoms with E-state index in [0.29, 0.717) is 17.7 Å². The first-order valence-electron chi connectivity index (χ1n) is 13.0. The van der Waals surface area contributed by atoms with Crippen LogP contribution >= 0.6 is 0 Å². The van der Waals surface area contributed by atoms with E-state index in [2.05, 4.69) is 17.4 Å². The molecule has 1 aliphatic carbocycles. The minimum absolute atomic E-state index is 0.0295. The van der Waals surface area contributed by atoms with Gasteiger partial charge in [-0.05, 0) is 79.5 Å². The van der Waals surface area contributed by atoms with Crippen LogP contribution in [0.5, 0.6) is 0 Å². The van der Waals surface area contributed by atoms with E-state index < -0.39 is 23.1 Å². The van der Waals surface area contributed by atoms with Gasteiger partial charge < -0.3 is 10.1 Å². The Balaban J connectivity index is 1.95. The first-order chi connectivity index (χ1) is 17.7. The highest BCUT2D eigenvalue weighted by atomic mass is 19.4. The van der Waals surface area contributed by atoms with E-state index in [1.54, 1.807) is 50.2 Å². The highest BCUT2D eigenvalue weighted by Gasteiger charge is 2.46. The molecule has 3 aromatic carbocycles. The van der Waals surface area contributed by atoms with Crippen molar-refractivity contribution in [3.05, 3.63) is 89.0 Å². The van der Waals surface area contributed by atoms with Crippen molar-refractivity contribution in [1.29, 1.82) is 0 Å². The smallest absolute Gasteiger partial charge is 0.417 e. The fourth-order valence-electron chi connectivity index (χ4n) is 5.55. The van der Waals surface area contributed by atoms with Gasteiger partial charge in [-0.25, -0.2) is 0 Å². The average Bonchev–Trinajstić information content (AvgIpc) is 2.88. The largest absolute Gasteiger partial charge is 0.465 e. The van der Waals surface area contributed by atoms with Crippen LogP contribution in [0.15, 0.2) is 66.7 Å². The number of halogens is 3. The molecule has 0 fully saturated rings. The summed E-state index contributed by atoms with van der Waals surface area (Å²) in [7, 11) is 0. The predicted octanol–water partition coefficient (Wildman–Crippen LogP) is 8.48. The summed E-state index contributed by atoms with van der Waals surface area (Å²) in [5.74, 6) is -0.637. The molecule has 6 heteroatoms. The molecular formula is C31H34F3NO2. The molecule has 0 bridgehead atoms. The Hall–Kier alpha value is -3.28. The Morgan fingerprint density at radius 3 is 2.41 bits per heavy atom. The normalized spacial score (nSPS) is 17.0. The molecule has 0 aliphatic heterocycles. The van der Waals surface area contributed by atoms with Gasteiger partial charge in [0.1, 0.15) is 0 Å². The maximum Gasteiger partial charge on any atom is 0.417 e. The fraction of sp³-hybridized carbons (Fsp3) is 0.387. The second-order valence-electron chi connectivity index (χ2n) is 9.90. The van der Waals surface area contributed by atoms with Gasteiger partial charge in [0.2, 0.25) is 0 Å². The topological polar surface area (TPSA) is 38.3 Å². The van der Waals surface area contributed by atoms with Crippen molar-refractivity contribution in [3.8, 4) is 11.1 Å². The van der Waals surface area contributed by atoms with Gasteiger partial charge in [-0.15, -0.1) is 0 Å². The zero-order chi connectivity index (χ0) is 26.6. The van der Waals surface area contributed by atoms with Crippen LogP contribution in [0.1, 0.15) is 74.8 Å². The van der Waals surface area contributed by atoms with Gasteiger partial charge in [-0.2, -0.15) is 13.2 Å². The molecule has 2 atom stereocenters. The number of anilines is 1. The molecule has 2 unspecified atom stereocenters. The van der Waals surface area contributed by atoms with Gasteiger partial charge in [-0.3, -0.25) is 4.79 Å². The minimum atomic E-state index is -4.67. The molecule has 196 valence electrons. The van der Waals surface area contributed by atoms with Crippen molar-refractivity contribution >= 4 is 11.7 Å². The summed E-state index contributed by atoms with van der Waals surface area (Å²) in [6.45, 7) is 5.21. The molecule has 3 nitrogen and oxygen atoms in total. The van der Waals surface area contributed by atoms with Crippen LogP contribution in [0, 0.1) is 0 Å². The number of alkyl halides is 3. The maximum atomic E-state index is 14.8. The lowest BCUT2D eigenvalue weighted by Crippen LogP contribution is -2.37. The Morgan fingerprint density at radius 1 is 1.03 bits per heavy atom. The lowest BCUT2D eigenvalue weighted by molar-refractivity contribution is -0.151. The highest BCUT2D eigenvalue weighted by molar-refractivity contribution is 5.86. The predicted molar refractivity (Wildman–Crippen MR) is 142 cm³/mol. The maximum absolute atomic E-state index is 14.8. The molecule has 0 saturated heterocycles. The van der Waals surface area contributed by atoms with Crippen LogP contribution in [0.2, 0.25) is 0 Å². The summed E-state index contributed by atoms with van der Waals surface area (Å²) in [5, 5.41) is 3.53. The Kier molecular flexibility index (Phi) is 7.96. The number of esters is 1. The fourth-order valence-corrected chi connectivity index (χ4v) is 5.55. The summed E-state index contributed by atoms with van der Waals surface area (Å²) >= 11 is 0. The third-order valence-corrected chi connectivity index (χ3v) is 7.29. The molecule has 0 amide bonds. The van der Waals surface area contributed by atoms with Gasteiger partial charge in [0, 0.05) is 5.69 Å². The van der Waals surface area contributed by atoms with Crippen LogP contribution in [0.4, 0.5) is 18.9 Å². The van der Waals surface area contributed by atoms with Gasteiger partial charge in [0.05, 0.1) is 23.6 Å². The van der Waals surface area contributed by atoms with E-state index in [9.17, 15) is 18.0 Å². The highest BCUT2D eigenvalue weighted by Crippen LogP contribution is 2.47. The first kappa shape index (κ1) is 26.8. The number of benzene rings is 3. The molecule has 4 rings (SSSR count).